The van der Waals surface area contributed by atoms with Crippen LogP contribution in [-0.2, 0) is 0 Å². The Kier molecular flexibility index (Phi) is 5.19. The maximum absolute atomic E-state index is 12.3. The Morgan fingerprint density at radius 2 is 2.10 bits per heavy atom. The highest BCUT2D eigenvalue weighted by atomic mass is 79.9. The molecule has 4 N–H and O–H groups in total. The van der Waals surface area contributed by atoms with Gasteiger partial charge in [-0.05, 0) is 31.5 Å². The van der Waals surface area contributed by atoms with Crippen molar-refractivity contribution in [3.8, 4) is 0 Å². The lowest BCUT2D eigenvalue weighted by Crippen LogP contribution is -2.26. The molecule has 1 aromatic carbocycles. The second-order valence-electron chi connectivity index (χ2n) is 4.51. The summed E-state index contributed by atoms with van der Waals surface area (Å²) in [5.41, 5.74) is 6.83. The molecule has 2 rings (SSSR count). The van der Waals surface area contributed by atoms with Gasteiger partial charge in [0.1, 0.15) is 10.7 Å². The number of thiazole rings is 1. The largest absolute Gasteiger partial charge is 0.382 e. The zero-order chi connectivity index (χ0) is 15.4. The average Bonchev–Trinajstić information content (AvgIpc) is 2.81. The summed E-state index contributed by atoms with van der Waals surface area (Å²) >= 11 is 4.66. The van der Waals surface area contributed by atoms with Crippen LogP contribution in [0.4, 0.5) is 10.9 Å². The standard InChI is InChI=1S/C14H17BrN4OS/c1-3-17-14-19-12(16)11(21-14)13(20)18-8(2)9-4-6-10(15)7-5-9/h4-8H,3,16H2,1-2H3,(H,17,19)(H,18,20). The molecular weight excluding hydrogens is 352 g/mol. The number of nitrogens with two attached hydrogens (primary N) is 1. The van der Waals surface area contributed by atoms with Gasteiger partial charge in [0.2, 0.25) is 0 Å². The first-order valence-corrected chi connectivity index (χ1v) is 8.18. The Hall–Kier alpha value is -1.60. The number of hydrogen-bond donors (Lipinski definition) is 3. The van der Waals surface area contributed by atoms with Gasteiger partial charge in [-0.25, -0.2) is 4.98 Å². The molecule has 0 spiro atoms. The number of amides is 1. The molecule has 21 heavy (non-hydrogen) atoms. The van der Waals surface area contributed by atoms with Gasteiger partial charge in [0.15, 0.2) is 5.13 Å². The Morgan fingerprint density at radius 1 is 1.43 bits per heavy atom. The van der Waals surface area contributed by atoms with Crippen molar-refractivity contribution in [2.24, 2.45) is 0 Å². The fraction of sp³-hybridized carbons (Fsp3) is 0.286. The molecule has 2 aromatic rings. The third kappa shape index (κ3) is 3.95. The van der Waals surface area contributed by atoms with E-state index in [1.165, 1.54) is 11.3 Å². The predicted molar refractivity (Wildman–Crippen MR) is 90.7 cm³/mol. The van der Waals surface area contributed by atoms with Gasteiger partial charge >= 0.3 is 0 Å². The molecule has 5 nitrogen and oxygen atoms in total. The van der Waals surface area contributed by atoms with Gasteiger partial charge in [-0.15, -0.1) is 0 Å². The quantitative estimate of drug-likeness (QED) is 0.755. The van der Waals surface area contributed by atoms with E-state index in [-0.39, 0.29) is 17.8 Å². The van der Waals surface area contributed by atoms with Crippen LogP contribution in [-0.4, -0.2) is 17.4 Å². The van der Waals surface area contributed by atoms with Crippen LogP contribution < -0.4 is 16.4 Å². The molecule has 0 aliphatic rings. The highest BCUT2D eigenvalue weighted by Gasteiger charge is 2.18. The van der Waals surface area contributed by atoms with E-state index in [0.29, 0.717) is 10.0 Å². The second kappa shape index (κ2) is 6.91. The summed E-state index contributed by atoms with van der Waals surface area (Å²) in [6.07, 6.45) is 0. The monoisotopic (exact) mass is 368 g/mol. The number of anilines is 2. The molecular formula is C14H17BrN4OS. The van der Waals surface area contributed by atoms with Gasteiger partial charge < -0.3 is 16.4 Å². The number of aromatic nitrogens is 1. The Bertz CT molecular complexity index is 626. The first-order valence-electron chi connectivity index (χ1n) is 6.57. The zero-order valence-electron chi connectivity index (χ0n) is 11.8. The Labute approximate surface area is 136 Å². The summed E-state index contributed by atoms with van der Waals surface area (Å²) in [7, 11) is 0. The molecule has 1 unspecified atom stereocenters. The fourth-order valence-electron chi connectivity index (χ4n) is 1.82. The van der Waals surface area contributed by atoms with Gasteiger partial charge in [0.25, 0.3) is 5.91 Å². The van der Waals surface area contributed by atoms with Gasteiger partial charge in [-0.3, -0.25) is 4.79 Å². The van der Waals surface area contributed by atoms with E-state index in [0.717, 1.165) is 16.6 Å². The van der Waals surface area contributed by atoms with E-state index < -0.39 is 0 Å². The van der Waals surface area contributed by atoms with Crippen LogP contribution in [0.25, 0.3) is 0 Å². The molecule has 0 bridgehead atoms. The first kappa shape index (κ1) is 15.8. The topological polar surface area (TPSA) is 80.0 Å². The highest BCUT2D eigenvalue weighted by Crippen LogP contribution is 2.25. The molecule has 0 fully saturated rings. The van der Waals surface area contributed by atoms with E-state index in [4.69, 9.17) is 5.73 Å². The van der Waals surface area contributed by atoms with Crippen molar-refractivity contribution in [2.75, 3.05) is 17.6 Å². The summed E-state index contributed by atoms with van der Waals surface area (Å²) in [5, 5.41) is 6.66. The number of halogens is 1. The molecule has 1 amide bonds. The van der Waals surface area contributed by atoms with Gasteiger partial charge in [0.05, 0.1) is 6.04 Å². The summed E-state index contributed by atoms with van der Waals surface area (Å²) in [6, 6.07) is 7.73. The molecule has 0 radical (unpaired) electrons. The third-order valence-electron chi connectivity index (χ3n) is 2.91. The van der Waals surface area contributed by atoms with Crippen molar-refractivity contribution in [3.63, 3.8) is 0 Å². The van der Waals surface area contributed by atoms with Crippen molar-refractivity contribution >= 4 is 44.1 Å². The number of nitrogens with one attached hydrogen (secondary N) is 2. The van der Waals surface area contributed by atoms with Gasteiger partial charge in [0, 0.05) is 11.0 Å². The van der Waals surface area contributed by atoms with Crippen molar-refractivity contribution in [1.29, 1.82) is 0 Å². The maximum atomic E-state index is 12.3. The van der Waals surface area contributed by atoms with Crippen molar-refractivity contribution in [3.05, 3.63) is 39.2 Å². The summed E-state index contributed by atoms with van der Waals surface area (Å²) in [5.74, 6) is 0.0565. The van der Waals surface area contributed by atoms with Crippen LogP contribution in [0.5, 0.6) is 0 Å². The molecule has 0 aliphatic carbocycles. The second-order valence-corrected chi connectivity index (χ2v) is 6.43. The van der Waals surface area contributed by atoms with Crippen LogP contribution in [0.15, 0.2) is 28.7 Å². The van der Waals surface area contributed by atoms with E-state index in [1.54, 1.807) is 0 Å². The fourth-order valence-corrected chi connectivity index (χ4v) is 2.94. The molecule has 1 atom stereocenters. The number of rotatable bonds is 5. The van der Waals surface area contributed by atoms with Crippen molar-refractivity contribution in [2.45, 2.75) is 19.9 Å². The SMILES string of the molecule is CCNc1nc(N)c(C(=O)NC(C)c2ccc(Br)cc2)s1. The average molecular weight is 369 g/mol. The van der Waals surface area contributed by atoms with Crippen LogP contribution >= 0.6 is 27.3 Å². The zero-order valence-corrected chi connectivity index (χ0v) is 14.2. The minimum Gasteiger partial charge on any atom is -0.382 e. The highest BCUT2D eigenvalue weighted by molar-refractivity contribution is 9.10. The molecule has 7 heteroatoms. The Morgan fingerprint density at radius 3 is 2.71 bits per heavy atom. The van der Waals surface area contributed by atoms with E-state index >= 15 is 0 Å². The number of hydrogen-bond acceptors (Lipinski definition) is 5. The number of nitrogen functional groups attached to an aromatic ring is 1. The molecule has 0 saturated heterocycles. The third-order valence-corrected chi connectivity index (χ3v) is 4.46. The van der Waals surface area contributed by atoms with E-state index in [2.05, 4.69) is 31.5 Å². The number of benzene rings is 1. The lowest BCUT2D eigenvalue weighted by atomic mass is 10.1. The number of carbonyl (C=O) groups excluding carboxylic acids is 1. The van der Waals surface area contributed by atoms with Crippen molar-refractivity contribution in [1.82, 2.24) is 10.3 Å². The summed E-state index contributed by atoms with van der Waals surface area (Å²) in [4.78, 5) is 16.8. The number of nitrogens with zero attached hydrogens (tertiary/aromatic N) is 1. The van der Waals surface area contributed by atoms with Gasteiger partial charge in [-0.1, -0.05) is 39.4 Å². The van der Waals surface area contributed by atoms with Crippen LogP contribution in [0.2, 0.25) is 0 Å². The normalized spacial score (nSPS) is 12.0. The molecule has 1 aromatic heterocycles. The number of carbonyl (C=O) groups is 1. The smallest absolute Gasteiger partial charge is 0.265 e. The maximum Gasteiger partial charge on any atom is 0.265 e. The van der Waals surface area contributed by atoms with E-state index in [9.17, 15) is 4.79 Å². The predicted octanol–water partition coefficient (Wildman–Crippen LogP) is 3.41. The van der Waals surface area contributed by atoms with Crippen LogP contribution in [0, 0.1) is 0 Å². The lowest BCUT2D eigenvalue weighted by molar-refractivity contribution is 0.0944. The van der Waals surface area contributed by atoms with E-state index in [1.807, 2.05) is 38.1 Å². The first-order chi connectivity index (χ1) is 10.0. The van der Waals surface area contributed by atoms with Gasteiger partial charge in [-0.2, -0.15) is 0 Å². The van der Waals surface area contributed by atoms with Crippen LogP contribution in [0.1, 0.15) is 35.1 Å². The molecule has 1 heterocycles. The molecule has 0 saturated carbocycles. The molecule has 112 valence electrons. The molecule has 0 aliphatic heterocycles. The summed E-state index contributed by atoms with van der Waals surface area (Å²) < 4.78 is 1.01. The summed E-state index contributed by atoms with van der Waals surface area (Å²) in [6.45, 7) is 4.64. The van der Waals surface area contributed by atoms with Crippen molar-refractivity contribution < 1.29 is 4.79 Å². The minimum atomic E-state index is -0.204. The van der Waals surface area contributed by atoms with Crippen LogP contribution in [0.3, 0.4) is 0 Å². The minimum absolute atomic E-state index is 0.102. The lowest BCUT2D eigenvalue weighted by Gasteiger charge is -2.13. The Balaban J connectivity index is 2.08.